The standard InChI is InChI=1S/C16H20FN5O/c1-16(2-4-19-5-3-16)11-8-20-22-13-10(14(18)23)6-9(17)7-12(13)21-15(11)22/h6-8,12-13,19,21H,2-5H2,1H3,(H2,18,23). The second-order valence-corrected chi connectivity index (χ2v) is 6.79. The lowest BCUT2D eigenvalue weighted by Crippen LogP contribution is -2.38. The van der Waals surface area contributed by atoms with Crippen LogP contribution in [0.15, 0.2) is 29.7 Å². The van der Waals surface area contributed by atoms with E-state index in [-0.39, 0.29) is 23.1 Å². The molecule has 122 valence electrons. The highest BCUT2D eigenvalue weighted by atomic mass is 19.1. The molecule has 0 saturated carbocycles. The Morgan fingerprint density at radius 3 is 2.91 bits per heavy atom. The number of carbonyl (C=O) groups is 1. The molecule has 2 atom stereocenters. The third kappa shape index (κ3) is 2.10. The van der Waals surface area contributed by atoms with Crippen molar-refractivity contribution < 1.29 is 9.18 Å². The molecule has 0 radical (unpaired) electrons. The number of primary amides is 1. The van der Waals surface area contributed by atoms with Gasteiger partial charge in [0.15, 0.2) is 0 Å². The summed E-state index contributed by atoms with van der Waals surface area (Å²) in [6.45, 7) is 4.17. The third-order valence-corrected chi connectivity index (χ3v) is 5.30. The molecule has 1 fully saturated rings. The van der Waals surface area contributed by atoms with Crippen molar-refractivity contribution >= 4 is 11.7 Å². The van der Waals surface area contributed by atoms with E-state index in [1.54, 1.807) is 4.68 Å². The van der Waals surface area contributed by atoms with E-state index in [2.05, 4.69) is 22.7 Å². The maximum absolute atomic E-state index is 13.8. The monoisotopic (exact) mass is 317 g/mol. The predicted octanol–water partition coefficient (Wildman–Crippen LogP) is 1.14. The van der Waals surface area contributed by atoms with E-state index >= 15 is 0 Å². The van der Waals surface area contributed by atoms with E-state index in [1.165, 1.54) is 12.2 Å². The number of anilines is 1. The number of halogens is 1. The fourth-order valence-electron chi connectivity index (χ4n) is 3.92. The maximum Gasteiger partial charge on any atom is 0.247 e. The van der Waals surface area contributed by atoms with Gasteiger partial charge in [-0.1, -0.05) is 6.92 Å². The number of allylic oxidation sites excluding steroid dienone is 2. The van der Waals surface area contributed by atoms with Gasteiger partial charge < -0.3 is 16.4 Å². The van der Waals surface area contributed by atoms with Gasteiger partial charge in [-0.25, -0.2) is 9.07 Å². The van der Waals surface area contributed by atoms with Gasteiger partial charge in [0.05, 0.1) is 12.2 Å². The van der Waals surface area contributed by atoms with Gasteiger partial charge in [-0.05, 0) is 38.1 Å². The minimum Gasteiger partial charge on any atom is -0.366 e. The Morgan fingerprint density at radius 1 is 1.48 bits per heavy atom. The molecule has 6 nitrogen and oxygen atoms in total. The minimum absolute atomic E-state index is 0.0260. The highest BCUT2D eigenvalue weighted by Gasteiger charge is 2.43. The summed E-state index contributed by atoms with van der Waals surface area (Å²) >= 11 is 0. The van der Waals surface area contributed by atoms with E-state index in [0.29, 0.717) is 0 Å². The van der Waals surface area contributed by atoms with Gasteiger partial charge in [0.2, 0.25) is 5.91 Å². The van der Waals surface area contributed by atoms with Crippen molar-refractivity contribution in [2.24, 2.45) is 5.73 Å². The zero-order valence-corrected chi connectivity index (χ0v) is 13.0. The molecule has 0 bridgehead atoms. The highest BCUT2D eigenvalue weighted by molar-refractivity contribution is 5.94. The number of carbonyl (C=O) groups excluding carboxylic acids is 1. The molecule has 2 aliphatic heterocycles. The molecule has 2 unspecified atom stereocenters. The largest absolute Gasteiger partial charge is 0.366 e. The molecule has 4 rings (SSSR count). The van der Waals surface area contributed by atoms with Gasteiger partial charge in [-0.3, -0.25) is 4.79 Å². The number of hydrogen-bond acceptors (Lipinski definition) is 4. The molecule has 7 heteroatoms. The Labute approximate surface area is 133 Å². The normalized spacial score (nSPS) is 28.3. The number of rotatable bonds is 2. The van der Waals surface area contributed by atoms with Crippen molar-refractivity contribution in [3.05, 3.63) is 35.3 Å². The number of fused-ring (bicyclic) bond motifs is 3. The van der Waals surface area contributed by atoms with Crippen molar-refractivity contribution in [2.45, 2.75) is 37.3 Å². The van der Waals surface area contributed by atoms with Crippen molar-refractivity contribution in [1.29, 1.82) is 0 Å². The zero-order valence-electron chi connectivity index (χ0n) is 13.0. The fraction of sp³-hybridized carbons (Fsp3) is 0.500. The van der Waals surface area contributed by atoms with Crippen molar-refractivity contribution in [3.8, 4) is 0 Å². The van der Waals surface area contributed by atoms with Crippen LogP contribution >= 0.6 is 0 Å². The van der Waals surface area contributed by atoms with Crippen LogP contribution in [0.5, 0.6) is 0 Å². The van der Waals surface area contributed by atoms with Crippen LogP contribution < -0.4 is 16.4 Å². The maximum atomic E-state index is 13.8. The summed E-state index contributed by atoms with van der Waals surface area (Å²) in [6, 6.07) is -0.698. The molecule has 23 heavy (non-hydrogen) atoms. The first-order chi connectivity index (χ1) is 11.0. The van der Waals surface area contributed by atoms with E-state index < -0.39 is 11.7 Å². The third-order valence-electron chi connectivity index (χ3n) is 5.30. The lowest BCUT2D eigenvalue weighted by Gasteiger charge is -2.34. The Hall–Kier alpha value is -2.15. The summed E-state index contributed by atoms with van der Waals surface area (Å²) in [4.78, 5) is 11.7. The second kappa shape index (κ2) is 4.92. The van der Waals surface area contributed by atoms with Crippen LogP contribution in [0, 0.1) is 0 Å². The van der Waals surface area contributed by atoms with Gasteiger partial charge in [-0.2, -0.15) is 5.10 Å². The van der Waals surface area contributed by atoms with Crippen LogP contribution in [0.1, 0.15) is 31.4 Å². The summed E-state index contributed by atoms with van der Waals surface area (Å²) in [5, 5.41) is 11.2. The number of nitrogens with one attached hydrogen (secondary N) is 2. The summed E-state index contributed by atoms with van der Waals surface area (Å²) in [7, 11) is 0. The van der Waals surface area contributed by atoms with Gasteiger partial charge >= 0.3 is 0 Å². The van der Waals surface area contributed by atoms with Gasteiger partial charge in [0.25, 0.3) is 0 Å². The summed E-state index contributed by atoms with van der Waals surface area (Å²) in [5.41, 5.74) is 6.85. The molecule has 1 amide bonds. The number of nitrogens with two attached hydrogens (primary N) is 1. The van der Waals surface area contributed by atoms with Crippen LogP contribution in [0.4, 0.5) is 10.2 Å². The molecule has 1 saturated heterocycles. The lowest BCUT2D eigenvalue weighted by atomic mass is 9.76. The Morgan fingerprint density at radius 2 is 2.22 bits per heavy atom. The molecule has 0 aromatic carbocycles. The van der Waals surface area contributed by atoms with Crippen molar-refractivity contribution in [2.75, 3.05) is 18.4 Å². The first-order valence-electron chi connectivity index (χ1n) is 7.93. The van der Waals surface area contributed by atoms with Crippen LogP contribution in [0.25, 0.3) is 0 Å². The van der Waals surface area contributed by atoms with Crippen molar-refractivity contribution in [3.63, 3.8) is 0 Å². The minimum atomic E-state index is -0.608. The zero-order chi connectivity index (χ0) is 16.2. The summed E-state index contributed by atoms with van der Waals surface area (Å²) in [6.07, 6.45) is 6.61. The van der Waals surface area contributed by atoms with Gasteiger partial charge in [-0.15, -0.1) is 0 Å². The van der Waals surface area contributed by atoms with Crippen LogP contribution in [-0.2, 0) is 10.2 Å². The van der Waals surface area contributed by atoms with Gasteiger partial charge in [0.1, 0.15) is 17.7 Å². The van der Waals surface area contributed by atoms with Crippen molar-refractivity contribution in [1.82, 2.24) is 15.1 Å². The molecular weight excluding hydrogens is 297 g/mol. The first-order valence-corrected chi connectivity index (χ1v) is 7.93. The smallest absolute Gasteiger partial charge is 0.247 e. The highest BCUT2D eigenvalue weighted by Crippen LogP contribution is 2.44. The molecule has 1 aromatic heterocycles. The Balaban J connectivity index is 1.76. The van der Waals surface area contributed by atoms with E-state index in [4.69, 9.17) is 5.73 Å². The fourth-order valence-corrected chi connectivity index (χ4v) is 3.92. The average Bonchev–Trinajstić information content (AvgIpc) is 3.05. The van der Waals surface area contributed by atoms with E-state index in [1.807, 2.05) is 6.20 Å². The van der Waals surface area contributed by atoms with Crippen LogP contribution in [0.2, 0.25) is 0 Å². The number of amides is 1. The number of aromatic nitrogens is 2. The summed E-state index contributed by atoms with van der Waals surface area (Å²) < 4.78 is 15.6. The Kier molecular flexibility index (Phi) is 3.09. The van der Waals surface area contributed by atoms with E-state index in [0.717, 1.165) is 37.3 Å². The number of hydrogen-bond donors (Lipinski definition) is 3. The quantitative estimate of drug-likeness (QED) is 0.763. The lowest BCUT2D eigenvalue weighted by molar-refractivity contribution is -0.115. The molecule has 1 aromatic rings. The molecular formula is C16H20FN5O. The number of nitrogens with zero attached hydrogens (tertiary/aromatic N) is 2. The molecule has 3 aliphatic rings. The van der Waals surface area contributed by atoms with Crippen LogP contribution in [0.3, 0.4) is 0 Å². The number of piperidine rings is 1. The average molecular weight is 317 g/mol. The molecule has 1 aliphatic carbocycles. The topological polar surface area (TPSA) is 85.0 Å². The first kappa shape index (κ1) is 14.4. The molecule has 3 heterocycles. The molecule has 0 spiro atoms. The van der Waals surface area contributed by atoms with Gasteiger partial charge in [0, 0.05) is 16.6 Å². The predicted molar refractivity (Wildman–Crippen MR) is 84.6 cm³/mol. The second-order valence-electron chi connectivity index (χ2n) is 6.79. The SMILES string of the molecule is CC1(c2cnn3c2NC2C=C(F)C=C(C(N)=O)C23)CCNCC1. The Bertz CT molecular complexity index is 729. The van der Waals surface area contributed by atoms with Crippen LogP contribution in [-0.4, -0.2) is 34.8 Å². The summed E-state index contributed by atoms with van der Waals surface area (Å²) in [5.74, 6) is -0.168. The van der Waals surface area contributed by atoms with E-state index in [9.17, 15) is 9.18 Å². The molecule has 4 N–H and O–H groups in total.